The number of benzene rings is 2. The average Bonchev–Trinajstić information content (AvgIpc) is 3.64. The van der Waals surface area contributed by atoms with Crippen molar-refractivity contribution in [2.24, 2.45) is 0 Å². The summed E-state index contributed by atoms with van der Waals surface area (Å²) in [7, 11) is 4.40. The number of rotatable bonds is 4. The molecule has 38 heavy (non-hydrogen) atoms. The van der Waals surface area contributed by atoms with Gasteiger partial charge in [0.1, 0.15) is 7.05 Å². The molecule has 2 aliphatic heterocycles. The summed E-state index contributed by atoms with van der Waals surface area (Å²) < 4.78 is 2.36. The summed E-state index contributed by atoms with van der Waals surface area (Å²) in [6.45, 7) is 9.36. The van der Waals surface area contributed by atoms with Gasteiger partial charge in [-0.05, 0) is 72.6 Å². The van der Waals surface area contributed by atoms with E-state index in [0.29, 0.717) is 0 Å². The van der Waals surface area contributed by atoms with Crippen LogP contribution in [0.15, 0.2) is 107 Å². The number of fused-ring (bicyclic) bond motifs is 2. The molecular weight excluding hydrogens is 480 g/mol. The SMILES string of the molecule is CN1C(=CC=C2CCC(C=CC3=[N+](C)c4ccccc4C3(C)C)=C2c2cccs2)C(C)(C)c2ccccc21. The van der Waals surface area contributed by atoms with Gasteiger partial charge in [-0.25, -0.2) is 0 Å². The molecule has 0 bridgehead atoms. The van der Waals surface area contributed by atoms with Crippen LogP contribution < -0.4 is 4.90 Å². The van der Waals surface area contributed by atoms with E-state index in [1.165, 1.54) is 55.5 Å². The first-order valence-corrected chi connectivity index (χ1v) is 14.5. The smallest absolute Gasteiger partial charge is 0.209 e. The Labute approximate surface area is 231 Å². The summed E-state index contributed by atoms with van der Waals surface area (Å²) in [5, 5.41) is 2.20. The molecule has 0 saturated carbocycles. The van der Waals surface area contributed by atoms with E-state index in [-0.39, 0.29) is 10.8 Å². The molecular formula is C35H37N2S+. The average molecular weight is 518 g/mol. The fraction of sp³-hybridized carbons (Fsp3) is 0.286. The van der Waals surface area contributed by atoms with E-state index in [1.54, 1.807) is 0 Å². The summed E-state index contributed by atoms with van der Waals surface area (Å²) in [4.78, 5) is 3.73. The minimum absolute atomic E-state index is 0.0131. The fourth-order valence-electron chi connectivity index (χ4n) is 6.76. The van der Waals surface area contributed by atoms with Gasteiger partial charge in [0.25, 0.3) is 0 Å². The number of likely N-dealkylation sites (N-methyl/N-ethyl adjacent to an activating group) is 1. The Morgan fingerprint density at radius 1 is 0.816 bits per heavy atom. The number of hydrogen-bond donors (Lipinski definition) is 0. The fourth-order valence-corrected chi connectivity index (χ4v) is 7.60. The molecule has 0 fully saturated rings. The first-order chi connectivity index (χ1) is 18.2. The van der Waals surface area contributed by atoms with E-state index in [9.17, 15) is 0 Å². The molecule has 2 nitrogen and oxygen atoms in total. The lowest BCUT2D eigenvalue weighted by Crippen LogP contribution is -2.26. The number of hydrogen-bond acceptors (Lipinski definition) is 2. The molecule has 192 valence electrons. The first kappa shape index (κ1) is 24.9. The highest BCUT2D eigenvalue weighted by Crippen LogP contribution is 2.47. The summed E-state index contributed by atoms with van der Waals surface area (Å²) >= 11 is 1.84. The van der Waals surface area contributed by atoms with Crippen molar-refractivity contribution in [3.05, 3.63) is 123 Å². The van der Waals surface area contributed by atoms with Crippen molar-refractivity contribution in [2.45, 2.75) is 51.4 Å². The second-order valence-electron chi connectivity index (χ2n) is 11.7. The number of nitrogens with zero attached hydrogens (tertiary/aromatic N) is 2. The highest BCUT2D eigenvalue weighted by molar-refractivity contribution is 7.11. The summed E-state index contributed by atoms with van der Waals surface area (Å²) in [6, 6.07) is 22.0. The maximum Gasteiger partial charge on any atom is 0.209 e. The van der Waals surface area contributed by atoms with Crippen LogP contribution in [0, 0.1) is 0 Å². The third-order valence-electron chi connectivity index (χ3n) is 8.84. The maximum atomic E-state index is 2.39. The third kappa shape index (κ3) is 3.79. The van der Waals surface area contributed by atoms with Gasteiger partial charge in [0, 0.05) is 46.4 Å². The number of thiophene rings is 1. The molecule has 3 aliphatic rings. The Bertz CT molecular complexity index is 1570. The van der Waals surface area contributed by atoms with E-state index in [1.807, 2.05) is 11.3 Å². The molecule has 0 amide bonds. The van der Waals surface area contributed by atoms with Crippen molar-refractivity contribution in [3.8, 4) is 0 Å². The zero-order valence-electron chi connectivity index (χ0n) is 23.4. The molecule has 0 spiro atoms. The topological polar surface area (TPSA) is 6.25 Å². The third-order valence-corrected chi connectivity index (χ3v) is 9.73. The van der Waals surface area contributed by atoms with Crippen LogP contribution in [0.25, 0.3) is 5.57 Å². The Balaban J connectivity index is 1.39. The normalized spacial score (nSPS) is 21.9. The number of allylic oxidation sites excluding steroid dienone is 8. The molecule has 0 atom stereocenters. The van der Waals surface area contributed by atoms with Crippen molar-refractivity contribution in [1.82, 2.24) is 0 Å². The lowest BCUT2D eigenvalue weighted by atomic mass is 9.81. The second kappa shape index (κ2) is 9.10. The Hall–Kier alpha value is -3.43. The number of para-hydroxylation sites is 2. The number of anilines is 1. The van der Waals surface area contributed by atoms with Gasteiger partial charge in [0.15, 0.2) is 5.71 Å². The zero-order valence-corrected chi connectivity index (χ0v) is 24.2. The van der Waals surface area contributed by atoms with E-state index < -0.39 is 0 Å². The highest BCUT2D eigenvalue weighted by atomic mass is 32.1. The van der Waals surface area contributed by atoms with Crippen LogP contribution in [0.4, 0.5) is 11.4 Å². The quantitative estimate of drug-likeness (QED) is 0.313. The van der Waals surface area contributed by atoms with E-state index in [0.717, 1.165) is 12.8 Å². The van der Waals surface area contributed by atoms with Crippen molar-refractivity contribution < 1.29 is 4.58 Å². The minimum Gasteiger partial charge on any atom is -0.347 e. The molecule has 0 saturated heterocycles. The standard InChI is InChI=1S/C35H37N2S/c1-34(2)26-12-7-9-14-28(26)36(5)31(34)21-19-24-17-18-25(33(24)30-16-11-23-38-30)20-22-32-35(3,4)27-13-8-10-15-29(27)37(32)6/h7-16,19-23H,17-18H2,1-6H3/q+1. The first-order valence-electron chi connectivity index (χ1n) is 13.6. The molecule has 3 heteroatoms. The van der Waals surface area contributed by atoms with Gasteiger partial charge in [-0.2, -0.15) is 4.58 Å². The summed E-state index contributed by atoms with van der Waals surface area (Å²) in [5.74, 6) is 0. The van der Waals surface area contributed by atoms with Gasteiger partial charge in [-0.1, -0.05) is 68.5 Å². The molecule has 1 aliphatic carbocycles. The predicted octanol–water partition coefficient (Wildman–Crippen LogP) is 8.80. The van der Waals surface area contributed by atoms with Gasteiger partial charge in [0.2, 0.25) is 5.69 Å². The molecule has 0 unspecified atom stereocenters. The van der Waals surface area contributed by atoms with Crippen LogP contribution in [0.1, 0.15) is 56.5 Å². The lowest BCUT2D eigenvalue weighted by Gasteiger charge is -2.24. The van der Waals surface area contributed by atoms with Crippen LogP contribution in [0.2, 0.25) is 0 Å². The van der Waals surface area contributed by atoms with Crippen LogP contribution in [-0.4, -0.2) is 24.4 Å². The van der Waals surface area contributed by atoms with Crippen LogP contribution in [0.5, 0.6) is 0 Å². The maximum absolute atomic E-state index is 2.39. The molecule has 6 rings (SSSR count). The van der Waals surface area contributed by atoms with E-state index in [4.69, 9.17) is 0 Å². The predicted molar refractivity (Wildman–Crippen MR) is 164 cm³/mol. The van der Waals surface area contributed by atoms with E-state index in [2.05, 4.69) is 142 Å². The Morgan fingerprint density at radius 2 is 1.55 bits per heavy atom. The minimum atomic E-state index is -0.0131. The monoisotopic (exact) mass is 517 g/mol. The molecule has 3 aromatic rings. The molecule has 0 radical (unpaired) electrons. The van der Waals surface area contributed by atoms with Crippen LogP contribution in [0.3, 0.4) is 0 Å². The zero-order chi connectivity index (χ0) is 26.7. The van der Waals surface area contributed by atoms with Crippen molar-refractivity contribution in [2.75, 3.05) is 19.0 Å². The van der Waals surface area contributed by atoms with Crippen LogP contribution >= 0.6 is 11.3 Å². The van der Waals surface area contributed by atoms with Gasteiger partial charge >= 0.3 is 0 Å². The van der Waals surface area contributed by atoms with Crippen molar-refractivity contribution in [3.63, 3.8) is 0 Å². The highest BCUT2D eigenvalue weighted by Gasteiger charge is 2.42. The summed E-state index contributed by atoms with van der Waals surface area (Å²) in [5.41, 5.74) is 12.4. The van der Waals surface area contributed by atoms with Crippen LogP contribution in [-0.2, 0) is 10.8 Å². The van der Waals surface area contributed by atoms with E-state index >= 15 is 0 Å². The second-order valence-corrected chi connectivity index (χ2v) is 12.7. The Morgan fingerprint density at radius 3 is 2.26 bits per heavy atom. The molecule has 1 aromatic heterocycles. The molecule has 2 aromatic carbocycles. The van der Waals surface area contributed by atoms with Crippen molar-refractivity contribution in [1.29, 1.82) is 0 Å². The van der Waals surface area contributed by atoms with Gasteiger partial charge in [-0.3, -0.25) is 0 Å². The van der Waals surface area contributed by atoms with Gasteiger partial charge in [-0.15, -0.1) is 11.3 Å². The molecule has 0 N–H and O–H groups in total. The van der Waals surface area contributed by atoms with Crippen molar-refractivity contribution >= 4 is 34.0 Å². The van der Waals surface area contributed by atoms with Gasteiger partial charge < -0.3 is 4.90 Å². The Kier molecular flexibility index (Phi) is 5.96. The lowest BCUT2D eigenvalue weighted by molar-refractivity contribution is -0.401. The largest absolute Gasteiger partial charge is 0.347 e. The van der Waals surface area contributed by atoms with Gasteiger partial charge in [0.05, 0.1) is 5.41 Å². The summed E-state index contributed by atoms with van der Waals surface area (Å²) in [6.07, 6.45) is 11.7. The molecule has 3 heterocycles.